The molecule has 0 bridgehead atoms. The molecule has 1 aromatic carbocycles. The van der Waals surface area contributed by atoms with Gasteiger partial charge in [0.05, 0.1) is 12.0 Å². The Labute approximate surface area is 143 Å². The molecule has 1 rings (SSSR count). The van der Waals surface area contributed by atoms with Gasteiger partial charge in [-0.15, -0.1) is 0 Å². The van der Waals surface area contributed by atoms with Crippen molar-refractivity contribution in [3.8, 4) is 5.75 Å². The molecule has 0 aromatic heterocycles. The van der Waals surface area contributed by atoms with Gasteiger partial charge in [-0.3, -0.25) is 15.3 Å². The number of carboxylic acid groups (broad SMARTS) is 1. The number of carboxylic acids is 1. The molecule has 9 nitrogen and oxygen atoms in total. The van der Waals surface area contributed by atoms with Crippen LogP contribution in [0.25, 0.3) is 0 Å². The van der Waals surface area contributed by atoms with Crippen LogP contribution < -0.4 is 10.1 Å². The van der Waals surface area contributed by atoms with Gasteiger partial charge in [-0.05, 0) is 42.5 Å². The van der Waals surface area contributed by atoms with E-state index in [1.807, 2.05) is 6.26 Å². The average molecular weight is 360 g/mol. The van der Waals surface area contributed by atoms with Crippen LogP contribution in [0.4, 0.5) is 4.79 Å². The number of carbonyl (C=O) groups is 2. The molecule has 1 aromatic rings. The van der Waals surface area contributed by atoms with E-state index in [4.69, 9.17) is 20.3 Å². The van der Waals surface area contributed by atoms with E-state index in [1.165, 1.54) is 11.8 Å². The summed E-state index contributed by atoms with van der Waals surface area (Å²) in [5.41, 5.74) is 0.827. The molecular weight excluding hydrogens is 340 g/mol. The van der Waals surface area contributed by atoms with E-state index in [9.17, 15) is 9.59 Å². The summed E-state index contributed by atoms with van der Waals surface area (Å²) in [4.78, 5) is 27.2. The maximum Gasteiger partial charge on any atom is 0.413 e. The van der Waals surface area contributed by atoms with Gasteiger partial charge in [0, 0.05) is 0 Å². The molecule has 0 aliphatic rings. The molecule has 1 atom stereocenters. The molecule has 0 fully saturated rings. The van der Waals surface area contributed by atoms with Crippen molar-refractivity contribution in [2.75, 3.05) is 18.6 Å². The molecule has 0 aliphatic carbocycles. The average Bonchev–Trinajstić information content (AvgIpc) is 2.52. The van der Waals surface area contributed by atoms with Crippen molar-refractivity contribution in [3.63, 3.8) is 0 Å². The number of nitrogens with one attached hydrogen (secondary N) is 1. The molecule has 0 heterocycles. The predicted molar refractivity (Wildman–Crippen MR) is 85.1 cm³/mol. The molecule has 4 N–H and O–H groups in total. The van der Waals surface area contributed by atoms with E-state index in [1.54, 1.807) is 24.3 Å². The predicted octanol–water partition coefficient (Wildman–Crippen LogP) is 1.54. The fraction of sp³-hybridized carbons (Fsp3) is 0.429. The van der Waals surface area contributed by atoms with Crippen molar-refractivity contribution >= 4 is 23.8 Å². The topological polar surface area (TPSA) is 129 Å². The second-order valence-electron chi connectivity index (χ2n) is 4.69. The van der Waals surface area contributed by atoms with Crippen molar-refractivity contribution in [1.29, 1.82) is 0 Å². The second kappa shape index (κ2) is 10.8. The lowest BCUT2D eigenvalue weighted by atomic mass is 10.1. The Morgan fingerprint density at radius 3 is 2.50 bits per heavy atom. The Kier molecular flexibility index (Phi) is 9.12. The van der Waals surface area contributed by atoms with E-state index >= 15 is 0 Å². The molecule has 24 heavy (non-hydrogen) atoms. The summed E-state index contributed by atoms with van der Waals surface area (Å²) < 4.78 is 5.03. The van der Waals surface area contributed by atoms with Crippen molar-refractivity contribution in [2.45, 2.75) is 18.9 Å². The van der Waals surface area contributed by atoms with Crippen LogP contribution in [-0.2, 0) is 16.1 Å². The number of amides is 1. The minimum atomic E-state index is -1.11. The van der Waals surface area contributed by atoms with Crippen LogP contribution in [0.2, 0.25) is 0 Å². The fourth-order valence-electron chi connectivity index (χ4n) is 1.74. The Hall–Kier alpha value is -1.85. The van der Waals surface area contributed by atoms with Crippen LogP contribution in [-0.4, -0.2) is 57.6 Å². The summed E-state index contributed by atoms with van der Waals surface area (Å²) in [6.07, 6.45) is 1.73. The normalized spacial score (nSPS) is 12.0. The molecule has 1 amide bonds. The van der Waals surface area contributed by atoms with Gasteiger partial charge in [0.25, 0.3) is 0 Å². The van der Waals surface area contributed by atoms with E-state index in [2.05, 4.69) is 10.2 Å². The lowest BCUT2D eigenvalue weighted by Gasteiger charge is -2.14. The Morgan fingerprint density at radius 1 is 1.29 bits per heavy atom. The van der Waals surface area contributed by atoms with Crippen molar-refractivity contribution in [1.82, 2.24) is 10.7 Å². The molecule has 0 saturated carbocycles. The smallest absolute Gasteiger partial charge is 0.413 e. The number of rotatable bonds is 10. The van der Waals surface area contributed by atoms with Gasteiger partial charge in [0.1, 0.15) is 11.8 Å². The SMILES string of the molecule is CSCCC(NC(=O)Oc1ccc(CCON(O)O)cc1)C(=O)O. The van der Waals surface area contributed by atoms with Gasteiger partial charge in [0.2, 0.25) is 0 Å². The van der Waals surface area contributed by atoms with E-state index in [-0.39, 0.29) is 17.7 Å². The third-order valence-electron chi connectivity index (χ3n) is 2.93. The third kappa shape index (κ3) is 8.13. The maximum atomic E-state index is 11.7. The van der Waals surface area contributed by atoms with Gasteiger partial charge >= 0.3 is 12.1 Å². The highest BCUT2D eigenvalue weighted by atomic mass is 32.2. The molecule has 0 aliphatic heterocycles. The quantitative estimate of drug-likeness (QED) is 0.459. The van der Waals surface area contributed by atoms with E-state index in [0.717, 1.165) is 5.56 Å². The standard InChI is InChI=1S/C14H20N2O7S/c1-24-9-7-12(13(17)18)15-14(19)23-11-4-2-10(3-5-11)6-8-22-16(20)21/h2-5,12,20-21H,6-9H2,1H3,(H,15,19)(H,17,18). The monoisotopic (exact) mass is 360 g/mol. The Bertz CT molecular complexity index is 524. The molecule has 1 unspecified atom stereocenters. The summed E-state index contributed by atoms with van der Waals surface area (Å²) in [7, 11) is 0. The molecule has 10 heteroatoms. The van der Waals surface area contributed by atoms with Crippen molar-refractivity contribution in [2.24, 2.45) is 0 Å². The zero-order chi connectivity index (χ0) is 17.9. The largest absolute Gasteiger partial charge is 0.480 e. The minimum Gasteiger partial charge on any atom is -0.480 e. The van der Waals surface area contributed by atoms with Gasteiger partial charge < -0.3 is 15.2 Å². The first kappa shape index (κ1) is 20.2. The van der Waals surface area contributed by atoms with E-state index in [0.29, 0.717) is 18.6 Å². The molecule has 0 spiro atoms. The Morgan fingerprint density at radius 2 is 1.96 bits per heavy atom. The van der Waals surface area contributed by atoms with Crippen molar-refractivity contribution < 1.29 is 34.7 Å². The number of aliphatic carboxylic acids is 1. The first-order valence-corrected chi connectivity index (χ1v) is 8.41. The Balaban J connectivity index is 2.47. The number of benzene rings is 1. The maximum absolute atomic E-state index is 11.7. The summed E-state index contributed by atoms with van der Waals surface area (Å²) in [6.45, 7) is 0.0590. The highest BCUT2D eigenvalue weighted by molar-refractivity contribution is 7.98. The number of hydrogen-bond acceptors (Lipinski definition) is 8. The van der Waals surface area contributed by atoms with Crippen LogP contribution in [0.5, 0.6) is 5.75 Å². The third-order valence-corrected chi connectivity index (χ3v) is 3.58. The van der Waals surface area contributed by atoms with Crippen LogP contribution in [0.1, 0.15) is 12.0 Å². The van der Waals surface area contributed by atoms with Crippen LogP contribution in [0.15, 0.2) is 24.3 Å². The first-order valence-electron chi connectivity index (χ1n) is 7.02. The van der Waals surface area contributed by atoms with E-state index < -0.39 is 18.1 Å². The van der Waals surface area contributed by atoms with Gasteiger partial charge in [-0.25, -0.2) is 9.59 Å². The summed E-state index contributed by atoms with van der Waals surface area (Å²) in [5, 5.41) is 27.8. The lowest BCUT2D eigenvalue weighted by molar-refractivity contribution is -0.492. The van der Waals surface area contributed by atoms with Crippen molar-refractivity contribution in [3.05, 3.63) is 29.8 Å². The second-order valence-corrected chi connectivity index (χ2v) is 5.67. The van der Waals surface area contributed by atoms with Crippen LogP contribution >= 0.6 is 11.8 Å². The van der Waals surface area contributed by atoms with Crippen LogP contribution in [0.3, 0.4) is 0 Å². The first-order chi connectivity index (χ1) is 11.4. The number of carbonyl (C=O) groups excluding carboxylic acids is 1. The van der Waals surface area contributed by atoms with Crippen LogP contribution in [0, 0.1) is 0 Å². The zero-order valence-electron chi connectivity index (χ0n) is 13.0. The highest BCUT2D eigenvalue weighted by Gasteiger charge is 2.20. The molecule has 134 valence electrons. The summed E-state index contributed by atoms with van der Waals surface area (Å²) in [6, 6.07) is 5.44. The number of ether oxygens (including phenoxy) is 1. The van der Waals surface area contributed by atoms with Gasteiger partial charge in [-0.2, -0.15) is 11.8 Å². The number of thioether (sulfide) groups is 1. The lowest BCUT2D eigenvalue weighted by Crippen LogP contribution is -2.42. The zero-order valence-corrected chi connectivity index (χ0v) is 13.9. The fourth-order valence-corrected chi connectivity index (χ4v) is 2.21. The number of nitrogens with zero attached hydrogens (tertiary/aromatic N) is 1. The summed E-state index contributed by atoms with van der Waals surface area (Å²) in [5.74, 6) is -0.247. The van der Waals surface area contributed by atoms with Gasteiger partial charge in [-0.1, -0.05) is 12.1 Å². The number of hydrogen-bond donors (Lipinski definition) is 4. The minimum absolute atomic E-state index is 0.0590. The molecular formula is C14H20N2O7S. The summed E-state index contributed by atoms with van der Waals surface area (Å²) >= 11 is 1.49. The van der Waals surface area contributed by atoms with Gasteiger partial charge in [0.15, 0.2) is 0 Å². The molecule has 0 radical (unpaired) electrons. The molecule has 0 saturated heterocycles. The highest BCUT2D eigenvalue weighted by Crippen LogP contribution is 2.13.